The molecule has 0 saturated carbocycles. The fraction of sp³-hybridized carbons (Fsp3) is 0.471. The maximum atomic E-state index is 9.59. The van der Waals surface area contributed by atoms with Crippen LogP contribution in [0.3, 0.4) is 0 Å². The van der Waals surface area contributed by atoms with E-state index >= 15 is 0 Å². The molecule has 3 rings (SSSR count). The summed E-state index contributed by atoms with van der Waals surface area (Å²) in [6, 6.07) is 10.6. The Morgan fingerprint density at radius 3 is 2.65 bits per heavy atom. The number of rotatable bonds is 4. The minimum absolute atomic E-state index is 0.0318. The molecular formula is C17H22N4O2. The van der Waals surface area contributed by atoms with Crippen LogP contribution in [0.15, 0.2) is 35.7 Å². The molecule has 6 nitrogen and oxygen atoms in total. The molecule has 0 spiro atoms. The first-order valence-electron chi connectivity index (χ1n) is 7.84. The van der Waals surface area contributed by atoms with Crippen LogP contribution in [0, 0.1) is 17.2 Å². The Hall–Kier alpha value is -2.07. The lowest BCUT2D eigenvalue weighted by molar-refractivity contribution is 0.0279. The molecule has 2 aliphatic heterocycles. The highest BCUT2D eigenvalue weighted by atomic mass is 16.5. The van der Waals surface area contributed by atoms with Crippen molar-refractivity contribution in [2.45, 2.75) is 31.5 Å². The number of hydrazine groups is 1. The van der Waals surface area contributed by atoms with Crippen molar-refractivity contribution in [3.8, 4) is 6.07 Å². The van der Waals surface area contributed by atoms with Gasteiger partial charge in [-0.25, -0.2) is 10.9 Å². The molecule has 0 radical (unpaired) electrons. The van der Waals surface area contributed by atoms with Crippen molar-refractivity contribution in [1.82, 2.24) is 10.9 Å². The monoisotopic (exact) mass is 314 g/mol. The molecule has 4 unspecified atom stereocenters. The van der Waals surface area contributed by atoms with Crippen LogP contribution in [0.25, 0.3) is 0 Å². The SMILES string of the molecule is CCc1ccc(C2C(C#N)=C(N)OC3NNC(COC)C32)cc1. The standard InChI is InChI=1S/C17H22N4O2/c1-3-10-4-6-11(7-5-10)14-12(8-18)16(19)23-17-15(14)13(9-22-2)20-21-17/h4-7,13-15,17,20-21H,3,9,19H2,1-2H3. The molecule has 2 heterocycles. The zero-order valence-corrected chi connectivity index (χ0v) is 13.4. The predicted octanol–water partition coefficient (Wildman–Crippen LogP) is 1.12. The van der Waals surface area contributed by atoms with Crippen LogP contribution in [0.4, 0.5) is 0 Å². The van der Waals surface area contributed by atoms with Gasteiger partial charge in [0, 0.05) is 18.9 Å². The maximum absolute atomic E-state index is 9.59. The van der Waals surface area contributed by atoms with E-state index in [0.29, 0.717) is 12.2 Å². The van der Waals surface area contributed by atoms with Crippen molar-refractivity contribution < 1.29 is 9.47 Å². The Kier molecular flexibility index (Phi) is 4.53. The van der Waals surface area contributed by atoms with Gasteiger partial charge in [-0.1, -0.05) is 31.2 Å². The Morgan fingerprint density at radius 1 is 1.30 bits per heavy atom. The molecular weight excluding hydrogens is 292 g/mol. The molecule has 0 aliphatic carbocycles. The minimum atomic E-state index is -0.275. The quantitative estimate of drug-likeness (QED) is 0.771. The summed E-state index contributed by atoms with van der Waals surface area (Å²) < 4.78 is 11.0. The van der Waals surface area contributed by atoms with Crippen molar-refractivity contribution in [1.29, 1.82) is 5.26 Å². The minimum Gasteiger partial charge on any atom is -0.458 e. The smallest absolute Gasteiger partial charge is 0.200 e. The van der Waals surface area contributed by atoms with Crippen molar-refractivity contribution >= 4 is 0 Å². The number of nitrogens with zero attached hydrogens (tertiary/aromatic N) is 1. The number of ether oxygens (including phenoxy) is 2. The van der Waals surface area contributed by atoms with Gasteiger partial charge in [0.05, 0.1) is 18.2 Å². The summed E-state index contributed by atoms with van der Waals surface area (Å²) in [5.74, 6) is 0.113. The first-order chi connectivity index (χ1) is 11.2. The molecule has 23 heavy (non-hydrogen) atoms. The van der Waals surface area contributed by atoms with E-state index in [2.05, 4.69) is 48.1 Å². The van der Waals surface area contributed by atoms with Gasteiger partial charge in [-0.15, -0.1) is 0 Å². The first-order valence-corrected chi connectivity index (χ1v) is 7.84. The molecule has 0 amide bonds. The van der Waals surface area contributed by atoms with Crippen LogP contribution in [-0.4, -0.2) is 26.0 Å². The van der Waals surface area contributed by atoms with Gasteiger partial charge in [0.1, 0.15) is 6.07 Å². The van der Waals surface area contributed by atoms with E-state index in [1.807, 2.05) is 0 Å². The second kappa shape index (κ2) is 6.59. The fourth-order valence-corrected chi connectivity index (χ4v) is 3.46. The third-order valence-electron chi connectivity index (χ3n) is 4.65. The molecule has 0 bridgehead atoms. The number of nitrogens with one attached hydrogen (secondary N) is 2. The van der Waals surface area contributed by atoms with Gasteiger partial charge < -0.3 is 15.2 Å². The lowest BCUT2D eigenvalue weighted by Crippen LogP contribution is -2.42. The van der Waals surface area contributed by atoms with Crippen LogP contribution in [0.2, 0.25) is 0 Å². The Balaban J connectivity index is 2.02. The average Bonchev–Trinajstić information content (AvgIpc) is 2.96. The fourth-order valence-electron chi connectivity index (χ4n) is 3.46. The van der Waals surface area contributed by atoms with E-state index in [1.165, 1.54) is 5.56 Å². The highest BCUT2D eigenvalue weighted by Crippen LogP contribution is 2.42. The summed E-state index contributed by atoms with van der Waals surface area (Å²) >= 11 is 0. The summed E-state index contributed by atoms with van der Waals surface area (Å²) in [5, 5.41) is 9.59. The van der Waals surface area contributed by atoms with E-state index in [1.54, 1.807) is 7.11 Å². The molecule has 6 heteroatoms. The number of methoxy groups -OCH3 is 1. The number of aryl methyl sites for hydroxylation is 1. The van der Waals surface area contributed by atoms with Gasteiger partial charge in [-0.05, 0) is 17.5 Å². The van der Waals surface area contributed by atoms with Crippen LogP contribution >= 0.6 is 0 Å². The predicted molar refractivity (Wildman–Crippen MR) is 85.7 cm³/mol. The lowest BCUT2D eigenvalue weighted by atomic mass is 9.75. The summed E-state index contributed by atoms with van der Waals surface area (Å²) in [4.78, 5) is 0. The number of hydrogen-bond donors (Lipinski definition) is 3. The molecule has 1 fully saturated rings. The van der Waals surface area contributed by atoms with Gasteiger partial charge in [0.2, 0.25) is 5.88 Å². The number of benzene rings is 1. The number of fused-ring (bicyclic) bond motifs is 1. The Morgan fingerprint density at radius 2 is 2.04 bits per heavy atom. The summed E-state index contributed by atoms with van der Waals surface area (Å²) in [5.41, 5.74) is 15.1. The van der Waals surface area contributed by atoms with Crippen LogP contribution in [0.1, 0.15) is 24.0 Å². The van der Waals surface area contributed by atoms with Crippen molar-refractivity contribution in [3.05, 3.63) is 46.8 Å². The van der Waals surface area contributed by atoms with E-state index < -0.39 is 0 Å². The number of allylic oxidation sites excluding steroid dienone is 1. The Bertz CT molecular complexity index is 635. The van der Waals surface area contributed by atoms with E-state index in [9.17, 15) is 5.26 Å². The molecule has 4 atom stereocenters. The zero-order chi connectivity index (χ0) is 16.4. The highest BCUT2D eigenvalue weighted by molar-refractivity contribution is 5.42. The second-order valence-electron chi connectivity index (χ2n) is 5.93. The van der Waals surface area contributed by atoms with Crippen LogP contribution in [0.5, 0.6) is 0 Å². The number of nitriles is 1. The molecule has 2 aliphatic rings. The summed E-state index contributed by atoms with van der Waals surface area (Å²) in [6.07, 6.45) is 0.710. The van der Waals surface area contributed by atoms with Crippen LogP contribution < -0.4 is 16.6 Å². The lowest BCUT2D eigenvalue weighted by Gasteiger charge is -2.35. The topological polar surface area (TPSA) is 92.3 Å². The van der Waals surface area contributed by atoms with Gasteiger partial charge in [0.25, 0.3) is 0 Å². The molecule has 4 N–H and O–H groups in total. The highest BCUT2D eigenvalue weighted by Gasteiger charge is 2.48. The molecule has 1 aromatic carbocycles. The zero-order valence-electron chi connectivity index (χ0n) is 13.4. The van der Waals surface area contributed by atoms with Crippen molar-refractivity contribution in [2.75, 3.05) is 13.7 Å². The largest absolute Gasteiger partial charge is 0.458 e. The maximum Gasteiger partial charge on any atom is 0.200 e. The first kappa shape index (κ1) is 15.8. The van der Waals surface area contributed by atoms with Crippen molar-refractivity contribution in [2.24, 2.45) is 11.7 Å². The normalized spacial score (nSPS) is 29.8. The van der Waals surface area contributed by atoms with E-state index in [-0.39, 0.29) is 30.0 Å². The van der Waals surface area contributed by atoms with Gasteiger partial charge in [-0.2, -0.15) is 5.26 Å². The average molecular weight is 314 g/mol. The summed E-state index contributed by atoms with van der Waals surface area (Å²) in [6.45, 7) is 2.65. The van der Waals surface area contributed by atoms with E-state index in [4.69, 9.17) is 15.2 Å². The van der Waals surface area contributed by atoms with Gasteiger partial charge in [0.15, 0.2) is 6.23 Å². The third-order valence-corrected chi connectivity index (χ3v) is 4.65. The molecule has 1 aromatic rings. The second-order valence-corrected chi connectivity index (χ2v) is 5.93. The van der Waals surface area contributed by atoms with Crippen LogP contribution in [-0.2, 0) is 15.9 Å². The number of hydrogen-bond acceptors (Lipinski definition) is 6. The van der Waals surface area contributed by atoms with Gasteiger partial charge in [-0.3, -0.25) is 0 Å². The number of nitrogens with two attached hydrogens (primary N) is 1. The van der Waals surface area contributed by atoms with Crippen molar-refractivity contribution in [3.63, 3.8) is 0 Å². The Labute approximate surface area is 136 Å². The summed E-state index contributed by atoms with van der Waals surface area (Å²) in [7, 11) is 1.67. The molecule has 1 saturated heterocycles. The third kappa shape index (κ3) is 2.79. The van der Waals surface area contributed by atoms with Gasteiger partial charge >= 0.3 is 0 Å². The molecule has 122 valence electrons. The van der Waals surface area contributed by atoms with E-state index in [0.717, 1.165) is 12.0 Å². The molecule has 0 aromatic heterocycles.